The summed E-state index contributed by atoms with van der Waals surface area (Å²) in [4.78, 5) is 27.6. The second-order valence-corrected chi connectivity index (χ2v) is 8.93. The summed E-state index contributed by atoms with van der Waals surface area (Å²) in [6.07, 6.45) is -0.240. The van der Waals surface area contributed by atoms with Crippen molar-refractivity contribution >= 4 is 51.2 Å². The van der Waals surface area contributed by atoms with Crippen LogP contribution in [0.25, 0.3) is 0 Å². The zero-order chi connectivity index (χ0) is 19.6. The highest BCUT2D eigenvalue weighted by Gasteiger charge is 2.43. The van der Waals surface area contributed by atoms with Crippen LogP contribution in [0.15, 0.2) is 53.0 Å². The average Bonchev–Trinajstić information content (AvgIpc) is 3.05. The summed E-state index contributed by atoms with van der Waals surface area (Å²) < 4.78 is 6.21. The number of benzene rings is 2. The minimum atomic E-state index is -0.645. The van der Waals surface area contributed by atoms with Crippen LogP contribution in [0, 0.1) is 0 Å². The molecule has 1 aliphatic heterocycles. The summed E-state index contributed by atoms with van der Waals surface area (Å²) in [5.41, 5.74) is 1.40. The molecule has 0 saturated carbocycles. The van der Waals surface area contributed by atoms with Crippen LogP contribution in [0.5, 0.6) is 0 Å². The molecule has 3 rings (SSSR count). The molecule has 2 unspecified atom stereocenters. The molecular weight excluding hydrogens is 450 g/mol. The maximum absolute atomic E-state index is 13.3. The zero-order valence-electron chi connectivity index (χ0n) is 14.9. The van der Waals surface area contributed by atoms with E-state index in [9.17, 15) is 9.59 Å². The second kappa shape index (κ2) is 8.67. The normalized spacial score (nSPS) is 19.4. The van der Waals surface area contributed by atoms with E-state index in [1.54, 1.807) is 43.0 Å². The van der Waals surface area contributed by atoms with E-state index in [1.165, 1.54) is 11.8 Å². The van der Waals surface area contributed by atoms with E-state index >= 15 is 0 Å². The zero-order valence-corrected chi connectivity index (χ0v) is 18.1. The highest BCUT2D eigenvalue weighted by Crippen LogP contribution is 2.43. The minimum absolute atomic E-state index is 0.211. The van der Waals surface area contributed by atoms with E-state index < -0.39 is 6.04 Å². The van der Waals surface area contributed by atoms with Gasteiger partial charge in [0, 0.05) is 20.8 Å². The van der Waals surface area contributed by atoms with Crippen molar-refractivity contribution < 1.29 is 14.3 Å². The molecule has 7 heteroatoms. The maximum atomic E-state index is 13.3. The summed E-state index contributed by atoms with van der Waals surface area (Å²) in [5, 5.41) is 0.288. The van der Waals surface area contributed by atoms with E-state index in [4.69, 9.17) is 16.3 Å². The molecule has 1 fully saturated rings. The van der Waals surface area contributed by atoms with Crippen LogP contribution < -0.4 is 0 Å². The van der Waals surface area contributed by atoms with Crippen LogP contribution in [-0.2, 0) is 9.53 Å². The number of carbonyl (C=O) groups is 2. The molecule has 2 aromatic rings. The molecule has 4 nitrogen and oxygen atoms in total. The molecule has 142 valence electrons. The number of thioether (sulfide) groups is 1. The number of ether oxygens (including phenoxy) is 1. The fourth-order valence-corrected chi connectivity index (χ4v) is 4.94. The Morgan fingerprint density at radius 2 is 1.96 bits per heavy atom. The lowest BCUT2D eigenvalue weighted by Gasteiger charge is -2.29. The van der Waals surface area contributed by atoms with Crippen molar-refractivity contribution in [3.63, 3.8) is 0 Å². The molecule has 0 spiro atoms. The minimum Gasteiger partial charge on any atom is -0.461 e. The highest BCUT2D eigenvalue weighted by atomic mass is 79.9. The van der Waals surface area contributed by atoms with Gasteiger partial charge in [0.05, 0.1) is 6.10 Å². The lowest BCUT2D eigenvalue weighted by molar-refractivity contribution is -0.151. The van der Waals surface area contributed by atoms with Gasteiger partial charge in [-0.3, -0.25) is 4.79 Å². The predicted octanol–water partition coefficient (Wildman–Crippen LogP) is 5.31. The number of hydrogen-bond acceptors (Lipinski definition) is 4. The van der Waals surface area contributed by atoms with Crippen molar-refractivity contribution in [2.45, 2.75) is 31.4 Å². The molecule has 0 radical (unpaired) electrons. The van der Waals surface area contributed by atoms with Gasteiger partial charge in [0.15, 0.2) is 0 Å². The molecule has 1 saturated heterocycles. The van der Waals surface area contributed by atoms with Crippen LogP contribution >= 0.6 is 39.3 Å². The third-order valence-corrected chi connectivity index (χ3v) is 6.12. The summed E-state index contributed by atoms with van der Waals surface area (Å²) in [7, 11) is 0. The molecular formula is C20H19BrClNO3S. The van der Waals surface area contributed by atoms with Gasteiger partial charge in [-0.15, -0.1) is 11.8 Å². The quantitative estimate of drug-likeness (QED) is 0.571. The average molecular weight is 469 g/mol. The molecule has 0 bridgehead atoms. The molecule has 0 aliphatic carbocycles. The Kier molecular flexibility index (Phi) is 6.50. The molecule has 27 heavy (non-hydrogen) atoms. The lowest BCUT2D eigenvalue weighted by atomic mass is 10.1. The van der Waals surface area contributed by atoms with E-state index in [-0.39, 0.29) is 23.4 Å². The van der Waals surface area contributed by atoms with Crippen molar-refractivity contribution in [1.29, 1.82) is 0 Å². The van der Waals surface area contributed by atoms with Crippen molar-refractivity contribution in [1.82, 2.24) is 4.90 Å². The number of nitrogens with zero attached hydrogens (tertiary/aromatic N) is 1. The fourth-order valence-electron chi connectivity index (χ4n) is 2.93. The van der Waals surface area contributed by atoms with Gasteiger partial charge < -0.3 is 9.64 Å². The smallest absolute Gasteiger partial charge is 0.330 e. The number of hydrogen-bond donors (Lipinski definition) is 0. The Hall–Kier alpha value is -1.50. The van der Waals surface area contributed by atoms with Crippen molar-refractivity contribution in [2.24, 2.45) is 0 Å². The van der Waals surface area contributed by atoms with Crippen LogP contribution in [0.1, 0.15) is 35.1 Å². The molecule has 1 amide bonds. The first-order chi connectivity index (χ1) is 12.9. The van der Waals surface area contributed by atoms with E-state index in [1.807, 2.05) is 24.3 Å². The van der Waals surface area contributed by atoms with Crippen LogP contribution in [-0.4, -0.2) is 34.7 Å². The van der Waals surface area contributed by atoms with Crippen LogP contribution in [0.3, 0.4) is 0 Å². The summed E-state index contributed by atoms with van der Waals surface area (Å²) in [6.45, 7) is 3.60. The number of carbonyl (C=O) groups excluding carboxylic acids is 2. The Morgan fingerprint density at radius 3 is 2.63 bits per heavy atom. The highest BCUT2D eigenvalue weighted by molar-refractivity contribution is 9.10. The topological polar surface area (TPSA) is 46.6 Å². The van der Waals surface area contributed by atoms with E-state index in [0.29, 0.717) is 16.3 Å². The Labute approximate surface area is 176 Å². The summed E-state index contributed by atoms with van der Waals surface area (Å²) in [6, 6.07) is 13.9. The van der Waals surface area contributed by atoms with Crippen molar-refractivity contribution in [3.8, 4) is 0 Å². The fraction of sp³-hybridized carbons (Fsp3) is 0.300. The van der Waals surface area contributed by atoms with E-state index in [2.05, 4.69) is 15.9 Å². The van der Waals surface area contributed by atoms with Crippen molar-refractivity contribution in [2.75, 3.05) is 5.75 Å². The van der Waals surface area contributed by atoms with Crippen molar-refractivity contribution in [3.05, 3.63) is 69.2 Å². The molecule has 0 N–H and O–H groups in total. The second-order valence-electron chi connectivity index (χ2n) is 6.46. The number of amides is 1. The summed E-state index contributed by atoms with van der Waals surface area (Å²) >= 11 is 11.1. The lowest BCUT2D eigenvalue weighted by Crippen LogP contribution is -2.44. The molecule has 2 atom stereocenters. The van der Waals surface area contributed by atoms with Gasteiger partial charge in [0.25, 0.3) is 5.91 Å². The van der Waals surface area contributed by atoms with Crippen LogP contribution in [0.4, 0.5) is 0 Å². The maximum Gasteiger partial charge on any atom is 0.330 e. The number of esters is 1. The van der Waals surface area contributed by atoms with Gasteiger partial charge in [-0.05, 0) is 49.7 Å². The largest absolute Gasteiger partial charge is 0.461 e. The first kappa shape index (κ1) is 20.2. The van der Waals surface area contributed by atoms with Gasteiger partial charge in [0.1, 0.15) is 11.4 Å². The predicted molar refractivity (Wildman–Crippen MR) is 112 cm³/mol. The van der Waals surface area contributed by atoms with E-state index in [0.717, 1.165) is 10.0 Å². The number of rotatable bonds is 4. The summed E-state index contributed by atoms with van der Waals surface area (Å²) in [5.74, 6) is -0.120. The van der Waals surface area contributed by atoms with Gasteiger partial charge in [-0.25, -0.2) is 4.79 Å². The third kappa shape index (κ3) is 4.68. The Balaban J connectivity index is 1.98. The number of halogens is 2. The van der Waals surface area contributed by atoms with Gasteiger partial charge in [-0.1, -0.05) is 45.7 Å². The third-order valence-electron chi connectivity index (χ3n) is 4.06. The SMILES string of the molecule is CC(C)OC(=O)C1CSC(c2cccc(Cl)c2)N1C(=O)c1cccc(Br)c1. The van der Waals surface area contributed by atoms with Gasteiger partial charge in [-0.2, -0.15) is 0 Å². The van der Waals surface area contributed by atoms with Crippen LogP contribution in [0.2, 0.25) is 5.02 Å². The monoisotopic (exact) mass is 467 g/mol. The Morgan fingerprint density at radius 1 is 1.22 bits per heavy atom. The first-order valence-electron chi connectivity index (χ1n) is 8.52. The van der Waals surface area contributed by atoms with Gasteiger partial charge >= 0.3 is 5.97 Å². The molecule has 1 aliphatic rings. The molecule has 2 aromatic carbocycles. The standard InChI is InChI=1S/C20H19BrClNO3S/c1-12(2)26-20(25)17-11-27-19(14-6-4-8-16(22)10-14)23(17)18(24)13-5-3-7-15(21)9-13/h3-10,12,17,19H,11H2,1-2H3. The first-order valence-corrected chi connectivity index (χ1v) is 10.7. The molecule has 0 aromatic heterocycles. The molecule has 1 heterocycles. The van der Waals surface area contributed by atoms with Gasteiger partial charge in [0.2, 0.25) is 0 Å². The Bertz CT molecular complexity index is 861.